The van der Waals surface area contributed by atoms with E-state index in [9.17, 15) is 17.2 Å². The molecule has 4 nitrogen and oxygen atoms in total. The number of halogens is 2. The zero-order valence-corrected chi connectivity index (χ0v) is 12.7. The maximum absolute atomic E-state index is 13.9. The molecule has 1 N–H and O–H groups in total. The molecule has 0 amide bonds. The quantitative estimate of drug-likeness (QED) is 0.842. The molecule has 0 saturated carbocycles. The fourth-order valence-corrected chi connectivity index (χ4v) is 3.08. The third kappa shape index (κ3) is 4.24. The largest absolute Gasteiger partial charge is 0.384 e. The minimum absolute atomic E-state index is 0.225. The molecular weight excluding hydrogens is 300 g/mol. The predicted octanol–water partition coefficient (Wildman–Crippen LogP) is 1.73. The summed E-state index contributed by atoms with van der Waals surface area (Å²) in [6, 6.07) is 1.34. The Balaban J connectivity index is 3.40. The molecule has 0 unspecified atom stereocenters. The number of aliphatic hydroxyl groups is 1. The highest BCUT2D eigenvalue weighted by Crippen LogP contribution is 2.24. The van der Waals surface area contributed by atoms with E-state index < -0.39 is 33.2 Å². The van der Waals surface area contributed by atoms with Crippen molar-refractivity contribution in [3.05, 3.63) is 29.3 Å². The first kappa shape index (κ1) is 17.6. The van der Waals surface area contributed by atoms with Crippen molar-refractivity contribution >= 4 is 10.0 Å². The SMILES string of the molecule is CCCCN(C)S(=O)(=O)c1c(F)cc(F)cc1C#CCO. The molecule has 0 bridgehead atoms. The van der Waals surface area contributed by atoms with Crippen LogP contribution in [0.2, 0.25) is 0 Å². The van der Waals surface area contributed by atoms with Crippen LogP contribution < -0.4 is 0 Å². The first-order chi connectivity index (χ1) is 9.84. The topological polar surface area (TPSA) is 57.6 Å². The molecule has 21 heavy (non-hydrogen) atoms. The number of unbranched alkanes of at least 4 members (excludes halogenated alkanes) is 1. The third-order valence-corrected chi connectivity index (χ3v) is 4.74. The number of benzene rings is 1. The van der Waals surface area contributed by atoms with Crippen LogP contribution in [0.4, 0.5) is 8.78 Å². The summed E-state index contributed by atoms with van der Waals surface area (Å²) in [6.07, 6.45) is 1.40. The summed E-state index contributed by atoms with van der Waals surface area (Å²) in [5.41, 5.74) is -0.301. The molecule has 1 aromatic carbocycles. The van der Waals surface area contributed by atoms with Crippen LogP contribution in [0.15, 0.2) is 17.0 Å². The Kier molecular flexibility index (Phi) is 6.27. The minimum Gasteiger partial charge on any atom is -0.384 e. The number of nitrogens with zero attached hydrogens (tertiary/aromatic N) is 1. The van der Waals surface area contributed by atoms with Crippen molar-refractivity contribution in [2.45, 2.75) is 24.7 Å². The van der Waals surface area contributed by atoms with Crippen molar-refractivity contribution < 1.29 is 22.3 Å². The molecule has 0 aliphatic heterocycles. The number of rotatable bonds is 5. The van der Waals surface area contributed by atoms with Crippen LogP contribution in [0.25, 0.3) is 0 Å². The Bertz CT molecular complexity index is 663. The maximum Gasteiger partial charge on any atom is 0.246 e. The lowest BCUT2D eigenvalue weighted by atomic mass is 10.2. The molecule has 116 valence electrons. The molecule has 0 spiro atoms. The Labute approximate surface area is 123 Å². The van der Waals surface area contributed by atoms with E-state index >= 15 is 0 Å². The normalized spacial score (nSPS) is 11.3. The van der Waals surface area contributed by atoms with Crippen LogP contribution in [-0.4, -0.2) is 38.0 Å². The van der Waals surface area contributed by atoms with Gasteiger partial charge < -0.3 is 5.11 Å². The summed E-state index contributed by atoms with van der Waals surface area (Å²) in [4.78, 5) is -0.663. The summed E-state index contributed by atoms with van der Waals surface area (Å²) >= 11 is 0. The van der Waals surface area contributed by atoms with Crippen LogP contribution >= 0.6 is 0 Å². The fraction of sp³-hybridized carbons (Fsp3) is 0.429. The number of hydrogen-bond donors (Lipinski definition) is 1. The van der Waals surface area contributed by atoms with Gasteiger partial charge in [-0.2, -0.15) is 0 Å². The number of hydrogen-bond acceptors (Lipinski definition) is 3. The van der Waals surface area contributed by atoms with E-state index in [4.69, 9.17) is 5.11 Å². The van der Waals surface area contributed by atoms with Crippen molar-refractivity contribution in [3.63, 3.8) is 0 Å². The van der Waals surface area contributed by atoms with Gasteiger partial charge in [-0.05, 0) is 12.5 Å². The number of aliphatic hydroxyl groups excluding tert-OH is 1. The van der Waals surface area contributed by atoms with Gasteiger partial charge in [-0.15, -0.1) is 0 Å². The van der Waals surface area contributed by atoms with Crippen LogP contribution in [-0.2, 0) is 10.0 Å². The fourth-order valence-electron chi connectivity index (χ4n) is 1.71. The van der Waals surface area contributed by atoms with E-state index in [1.54, 1.807) is 0 Å². The zero-order chi connectivity index (χ0) is 16.0. The highest BCUT2D eigenvalue weighted by atomic mass is 32.2. The summed E-state index contributed by atoms with van der Waals surface area (Å²) in [5.74, 6) is 2.36. The lowest BCUT2D eigenvalue weighted by Crippen LogP contribution is -2.29. The molecule has 0 aliphatic carbocycles. The van der Waals surface area contributed by atoms with Crippen molar-refractivity contribution in [2.24, 2.45) is 0 Å². The van der Waals surface area contributed by atoms with Gasteiger partial charge in [0.2, 0.25) is 10.0 Å². The third-order valence-electron chi connectivity index (χ3n) is 2.81. The van der Waals surface area contributed by atoms with Crippen LogP contribution in [0.1, 0.15) is 25.3 Å². The Morgan fingerprint density at radius 1 is 1.33 bits per heavy atom. The Morgan fingerprint density at radius 2 is 2.00 bits per heavy atom. The molecule has 0 aliphatic rings. The monoisotopic (exact) mass is 317 g/mol. The van der Waals surface area contributed by atoms with Crippen LogP contribution in [0.5, 0.6) is 0 Å². The van der Waals surface area contributed by atoms with E-state index in [2.05, 4.69) is 11.8 Å². The molecular formula is C14H17F2NO3S. The maximum atomic E-state index is 13.9. The standard InChI is InChI=1S/C14H17F2NO3S/c1-3-4-7-17(2)21(19,20)14-11(6-5-8-18)9-12(15)10-13(14)16/h9-10,18H,3-4,7-8H2,1-2H3. The summed E-state index contributed by atoms with van der Waals surface area (Å²) in [7, 11) is -2.78. The molecule has 7 heteroatoms. The molecule has 1 rings (SSSR count). The lowest BCUT2D eigenvalue weighted by molar-refractivity contribution is 0.350. The first-order valence-corrected chi connectivity index (χ1v) is 7.83. The zero-order valence-electron chi connectivity index (χ0n) is 11.9. The highest BCUT2D eigenvalue weighted by Gasteiger charge is 2.27. The van der Waals surface area contributed by atoms with Gasteiger partial charge in [0.25, 0.3) is 0 Å². The van der Waals surface area contributed by atoms with Gasteiger partial charge in [-0.3, -0.25) is 0 Å². The Hall–Kier alpha value is -1.49. The predicted molar refractivity (Wildman–Crippen MR) is 75.0 cm³/mol. The van der Waals surface area contributed by atoms with E-state index in [1.165, 1.54) is 7.05 Å². The van der Waals surface area contributed by atoms with Crippen molar-refractivity contribution in [2.75, 3.05) is 20.2 Å². The second-order valence-electron chi connectivity index (χ2n) is 4.40. The highest BCUT2D eigenvalue weighted by molar-refractivity contribution is 7.89. The van der Waals surface area contributed by atoms with Crippen molar-refractivity contribution in [3.8, 4) is 11.8 Å². The van der Waals surface area contributed by atoms with E-state index in [-0.39, 0.29) is 12.1 Å². The van der Waals surface area contributed by atoms with Gasteiger partial charge >= 0.3 is 0 Å². The second-order valence-corrected chi connectivity index (χ2v) is 6.39. The van der Waals surface area contributed by atoms with Crippen molar-refractivity contribution in [1.82, 2.24) is 4.31 Å². The summed E-state index contributed by atoms with van der Waals surface area (Å²) < 4.78 is 53.0. The second kappa shape index (κ2) is 7.50. The first-order valence-electron chi connectivity index (χ1n) is 6.39. The molecule has 0 radical (unpaired) electrons. The molecule has 0 saturated heterocycles. The molecule has 0 aromatic heterocycles. The minimum atomic E-state index is -4.11. The van der Waals surface area contributed by atoms with Crippen molar-refractivity contribution in [1.29, 1.82) is 0 Å². The van der Waals surface area contributed by atoms with E-state index in [1.807, 2.05) is 6.92 Å². The van der Waals surface area contributed by atoms with Gasteiger partial charge in [0, 0.05) is 19.7 Å². The van der Waals surface area contributed by atoms with E-state index in [0.29, 0.717) is 12.5 Å². The van der Waals surface area contributed by atoms with Gasteiger partial charge in [-0.25, -0.2) is 21.5 Å². The molecule has 0 fully saturated rings. The van der Waals surface area contributed by atoms with Gasteiger partial charge in [0.15, 0.2) is 0 Å². The Morgan fingerprint density at radius 3 is 2.57 bits per heavy atom. The number of sulfonamides is 1. The average molecular weight is 317 g/mol. The van der Waals surface area contributed by atoms with E-state index in [0.717, 1.165) is 16.8 Å². The van der Waals surface area contributed by atoms with Gasteiger partial charge in [-0.1, -0.05) is 25.2 Å². The summed E-state index contributed by atoms with van der Waals surface area (Å²) in [5, 5.41) is 8.66. The van der Waals surface area contributed by atoms with Gasteiger partial charge in [0.05, 0.1) is 5.56 Å². The van der Waals surface area contributed by atoms with Crippen LogP contribution in [0.3, 0.4) is 0 Å². The smallest absolute Gasteiger partial charge is 0.246 e. The average Bonchev–Trinajstić information content (AvgIpc) is 2.41. The molecule has 0 heterocycles. The van der Waals surface area contributed by atoms with Gasteiger partial charge in [0.1, 0.15) is 23.1 Å². The summed E-state index contributed by atoms with van der Waals surface area (Å²) in [6.45, 7) is 1.59. The molecule has 1 aromatic rings. The molecule has 0 atom stereocenters. The van der Waals surface area contributed by atoms with Crippen LogP contribution in [0, 0.1) is 23.5 Å². The lowest BCUT2D eigenvalue weighted by Gasteiger charge is -2.18.